The highest BCUT2D eigenvalue weighted by Gasteiger charge is 2.12. The van der Waals surface area contributed by atoms with Crippen molar-refractivity contribution in [3.8, 4) is 0 Å². The Hall–Kier alpha value is -1.35. The Kier molecular flexibility index (Phi) is 5.86. The number of nitrogens with two attached hydrogens (primary N) is 1. The number of hydrogen-bond acceptors (Lipinski definition) is 2. The van der Waals surface area contributed by atoms with Gasteiger partial charge in [-0.05, 0) is 38.7 Å². The third kappa shape index (κ3) is 7.07. The van der Waals surface area contributed by atoms with Gasteiger partial charge < -0.3 is 11.1 Å². The molecule has 1 rings (SSSR count). The SMILES string of the molecule is CC(C)(N)CCC(=O)NCCCc1ccccc1. The molecule has 0 unspecified atom stereocenters. The molecule has 0 saturated carbocycles. The summed E-state index contributed by atoms with van der Waals surface area (Å²) in [5.74, 6) is 0.0987. The van der Waals surface area contributed by atoms with Crippen molar-refractivity contribution in [3.63, 3.8) is 0 Å². The average Bonchev–Trinajstić information content (AvgIpc) is 2.33. The molecule has 0 atom stereocenters. The highest BCUT2D eigenvalue weighted by atomic mass is 16.1. The minimum atomic E-state index is -0.263. The lowest BCUT2D eigenvalue weighted by Crippen LogP contribution is -2.34. The maximum atomic E-state index is 11.5. The van der Waals surface area contributed by atoms with Gasteiger partial charge in [0, 0.05) is 18.5 Å². The van der Waals surface area contributed by atoms with E-state index in [4.69, 9.17) is 5.73 Å². The Morgan fingerprint density at radius 1 is 1.28 bits per heavy atom. The van der Waals surface area contributed by atoms with Gasteiger partial charge >= 0.3 is 0 Å². The van der Waals surface area contributed by atoms with Crippen molar-refractivity contribution in [2.24, 2.45) is 5.73 Å². The van der Waals surface area contributed by atoms with Crippen LogP contribution in [0.3, 0.4) is 0 Å². The number of hydrogen-bond donors (Lipinski definition) is 2. The molecule has 0 fully saturated rings. The normalized spacial score (nSPS) is 11.3. The van der Waals surface area contributed by atoms with E-state index in [1.165, 1.54) is 5.56 Å². The Morgan fingerprint density at radius 3 is 2.56 bits per heavy atom. The van der Waals surface area contributed by atoms with Crippen LogP contribution in [-0.2, 0) is 11.2 Å². The molecule has 1 aromatic carbocycles. The molecule has 0 aliphatic carbocycles. The van der Waals surface area contributed by atoms with Crippen molar-refractivity contribution in [2.45, 2.75) is 45.1 Å². The minimum absolute atomic E-state index is 0.0987. The number of carbonyl (C=O) groups excluding carboxylic acids is 1. The maximum Gasteiger partial charge on any atom is 0.220 e. The summed E-state index contributed by atoms with van der Waals surface area (Å²) in [7, 11) is 0. The molecule has 0 bridgehead atoms. The summed E-state index contributed by atoms with van der Waals surface area (Å²) in [4.78, 5) is 11.5. The third-order valence-electron chi connectivity index (χ3n) is 2.80. The monoisotopic (exact) mass is 248 g/mol. The average molecular weight is 248 g/mol. The molecule has 0 heterocycles. The van der Waals surface area contributed by atoms with Gasteiger partial charge in [-0.2, -0.15) is 0 Å². The lowest BCUT2D eigenvalue weighted by molar-refractivity contribution is -0.121. The van der Waals surface area contributed by atoms with Gasteiger partial charge in [0.15, 0.2) is 0 Å². The minimum Gasteiger partial charge on any atom is -0.356 e. The van der Waals surface area contributed by atoms with E-state index in [0.29, 0.717) is 6.42 Å². The number of carbonyl (C=O) groups is 1. The summed E-state index contributed by atoms with van der Waals surface area (Å²) in [5, 5.41) is 2.93. The summed E-state index contributed by atoms with van der Waals surface area (Å²) < 4.78 is 0. The Balaban J connectivity index is 2.09. The molecule has 3 N–H and O–H groups in total. The van der Waals surface area contributed by atoms with Crippen LogP contribution in [0, 0.1) is 0 Å². The predicted octanol–water partition coefficient (Wildman–Crippen LogP) is 2.25. The maximum absolute atomic E-state index is 11.5. The van der Waals surface area contributed by atoms with Crippen molar-refractivity contribution >= 4 is 5.91 Å². The van der Waals surface area contributed by atoms with Gasteiger partial charge in [-0.1, -0.05) is 30.3 Å². The van der Waals surface area contributed by atoms with Crippen LogP contribution in [0.15, 0.2) is 30.3 Å². The van der Waals surface area contributed by atoms with Gasteiger partial charge in [-0.3, -0.25) is 4.79 Å². The molecule has 100 valence electrons. The third-order valence-corrected chi connectivity index (χ3v) is 2.80. The molecular weight excluding hydrogens is 224 g/mol. The zero-order valence-corrected chi connectivity index (χ0v) is 11.4. The van der Waals surface area contributed by atoms with Crippen LogP contribution < -0.4 is 11.1 Å². The van der Waals surface area contributed by atoms with Crippen molar-refractivity contribution in [2.75, 3.05) is 6.54 Å². The largest absolute Gasteiger partial charge is 0.356 e. The van der Waals surface area contributed by atoms with Gasteiger partial charge in [0.05, 0.1) is 0 Å². The summed E-state index contributed by atoms with van der Waals surface area (Å²) in [6.45, 7) is 4.62. The van der Waals surface area contributed by atoms with E-state index < -0.39 is 0 Å². The molecule has 0 aliphatic heterocycles. The van der Waals surface area contributed by atoms with Gasteiger partial charge in [-0.25, -0.2) is 0 Å². The first kappa shape index (κ1) is 14.7. The molecule has 0 radical (unpaired) electrons. The van der Waals surface area contributed by atoms with Gasteiger partial charge in [0.2, 0.25) is 5.91 Å². The standard InChI is InChI=1S/C15H24N2O/c1-15(2,16)11-10-14(18)17-12-6-9-13-7-4-3-5-8-13/h3-5,7-8H,6,9-12,16H2,1-2H3,(H,17,18). The molecule has 0 aliphatic rings. The zero-order chi connectivity index (χ0) is 13.4. The molecule has 3 nitrogen and oxygen atoms in total. The van der Waals surface area contributed by atoms with E-state index in [-0.39, 0.29) is 11.4 Å². The second-order valence-corrected chi connectivity index (χ2v) is 5.43. The number of nitrogens with one attached hydrogen (secondary N) is 1. The number of rotatable bonds is 7. The van der Waals surface area contributed by atoms with Crippen LogP contribution in [0.2, 0.25) is 0 Å². The van der Waals surface area contributed by atoms with E-state index in [2.05, 4.69) is 17.4 Å². The van der Waals surface area contributed by atoms with Crippen LogP contribution in [0.4, 0.5) is 0 Å². The second-order valence-electron chi connectivity index (χ2n) is 5.43. The zero-order valence-electron chi connectivity index (χ0n) is 11.4. The number of aryl methyl sites for hydroxylation is 1. The topological polar surface area (TPSA) is 55.1 Å². The fourth-order valence-corrected chi connectivity index (χ4v) is 1.69. The lowest BCUT2D eigenvalue weighted by Gasteiger charge is -2.17. The summed E-state index contributed by atoms with van der Waals surface area (Å²) in [6, 6.07) is 10.3. The number of amides is 1. The highest BCUT2D eigenvalue weighted by molar-refractivity contribution is 5.75. The predicted molar refractivity (Wildman–Crippen MR) is 75.3 cm³/mol. The second kappa shape index (κ2) is 7.17. The van der Waals surface area contributed by atoms with E-state index in [1.54, 1.807) is 0 Å². The van der Waals surface area contributed by atoms with Crippen LogP contribution in [0.1, 0.15) is 38.7 Å². The molecular formula is C15H24N2O. The molecule has 0 spiro atoms. The van der Waals surface area contributed by atoms with Gasteiger partial charge in [0.25, 0.3) is 0 Å². The summed E-state index contributed by atoms with van der Waals surface area (Å²) >= 11 is 0. The van der Waals surface area contributed by atoms with E-state index >= 15 is 0 Å². The quantitative estimate of drug-likeness (QED) is 0.727. The van der Waals surface area contributed by atoms with Crippen LogP contribution in [-0.4, -0.2) is 18.0 Å². The van der Waals surface area contributed by atoms with Crippen molar-refractivity contribution < 1.29 is 4.79 Å². The first-order valence-electron chi connectivity index (χ1n) is 6.57. The Bertz CT molecular complexity index is 355. The lowest BCUT2D eigenvalue weighted by atomic mass is 10.00. The first-order valence-corrected chi connectivity index (χ1v) is 6.57. The van der Waals surface area contributed by atoms with Gasteiger partial charge in [0.1, 0.15) is 0 Å². The van der Waals surface area contributed by atoms with Crippen molar-refractivity contribution in [3.05, 3.63) is 35.9 Å². The summed E-state index contributed by atoms with van der Waals surface area (Å²) in [6.07, 6.45) is 3.21. The fourth-order valence-electron chi connectivity index (χ4n) is 1.69. The molecule has 1 aromatic rings. The van der Waals surface area contributed by atoms with E-state index in [1.807, 2.05) is 32.0 Å². The molecule has 3 heteroatoms. The van der Waals surface area contributed by atoms with Gasteiger partial charge in [-0.15, -0.1) is 0 Å². The number of benzene rings is 1. The Morgan fingerprint density at radius 2 is 1.94 bits per heavy atom. The van der Waals surface area contributed by atoms with Crippen LogP contribution in [0.25, 0.3) is 0 Å². The molecule has 1 amide bonds. The van der Waals surface area contributed by atoms with E-state index in [0.717, 1.165) is 25.8 Å². The van der Waals surface area contributed by atoms with Crippen LogP contribution >= 0.6 is 0 Å². The molecule has 18 heavy (non-hydrogen) atoms. The highest BCUT2D eigenvalue weighted by Crippen LogP contribution is 2.06. The van der Waals surface area contributed by atoms with Crippen molar-refractivity contribution in [1.29, 1.82) is 0 Å². The smallest absolute Gasteiger partial charge is 0.220 e. The fraction of sp³-hybridized carbons (Fsp3) is 0.533. The Labute approximate surface area is 110 Å². The van der Waals surface area contributed by atoms with Crippen molar-refractivity contribution in [1.82, 2.24) is 5.32 Å². The summed E-state index contributed by atoms with van der Waals surface area (Å²) in [5.41, 5.74) is 6.89. The first-order chi connectivity index (χ1) is 8.47. The van der Waals surface area contributed by atoms with Crippen LogP contribution in [0.5, 0.6) is 0 Å². The van der Waals surface area contributed by atoms with E-state index in [9.17, 15) is 4.79 Å². The molecule has 0 aromatic heterocycles. The molecule has 0 saturated heterocycles.